The first-order chi connectivity index (χ1) is 10.8. The van der Waals surface area contributed by atoms with Crippen LogP contribution in [0.1, 0.15) is 0 Å². The van der Waals surface area contributed by atoms with Crippen molar-refractivity contribution < 1.29 is 0 Å². The van der Waals surface area contributed by atoms with Crippen LogP contribution >= 0.6 is 0 Å². The zero-order valence-electron chi connectivity index (χ0n) is 12.5. The maximum atomic E-state index is 11.5. The molecule has 2 heterocycles. The normalized spacial score (nSPS) is 15.7. The molecule has 0 unspecified atom stereocenters. The summed E-state index contributed by atoms with van der Waals surface area (Å²) >= 11 is 0. The predicted octanol–water partition coefficient (Wildman–Crippen LogP) is 1.00. The molecule has 22 heavy (non-hydrogen) atoms. The number of hydrogen-bond donors (Lipinski definition) is 2. The number of nitrogens with one attached hydrogen (secondary N) is 2. The Bertz CT molecular complexity index is 634. The third-order valence-electron chi connectivity index (χ3n) is 3.96. The van der Waals surface area contributed by atoms with Gasteiger partial charge >= 0.3 is 0 Å². The van der Waals surface area contributed by atoms with Gasteiger partial charge in [0.1, 0.15) is 5.69 Å². The average molecular weight is 299 g/mol. The number of benzene rings is 1. The Hall–Kier alpha value is -2.34. The Morgan fingerprint density at radius 2 is 1.86 bits per heavy atom. The Balaban J connectivity index is 1.43. The molecule has 0 bridgehead atoms. The van der Waals surface area contributed by atoms with E-state index < -0.39 is 0 Å². The Kier molecular flexibility index (Phi) is 4.70. The molecule has 3 rings (SSSR count). The first-order valence-electron chi connectivity index (χ1n) is 7.63. The Morgan fingerprint density at radius 3 is 2.59 bits per heavy atom. The number of rotatable bonds is 5. The van der Waals surface area contributed by atoms with E-state index in [-0.39, 0.29) is 5.56 Å². The molecular formula is C16H21N5O. The van der Waals surface area contributed by atoms with Gasteiger partial charge in [-0.3, -0.25) is 9.69 Å². The van der Waals surface area contributed by atoms with Crippen LogP contribution in [-0.4, -0.2) is 54.4 Å². The van der Waals surface area contributed by atoms with Crippen LogP contribution < -0.4 is 15.8 Å². The van der Waals surface area contributed by atoms with Gasteiger partial charge in [0.25, 0.3) is 5.56 Å². The highest BCUT2D eigenvalue weighted by Gasteiger charge is 2.16. The van der Waals surface area contributed by atoms with E-state index >= 15 is 0 Å². The van der Waals surface area contributed by atoms with Crippen molar-refractivity contribution in [2.45, 2.75) is 0 Å². The summed E-state index contributed by atoms with van der Waals surface area (Å²) in [5.74, 6) is 0. The molecule has 1 aromatic carbocycles. The summed E-state index contributed by atoms with van der Waals surface area (Å²) in [6.07, 6.45) is 1.59. The maximum absolute atomic E-state index is 11.5. The third-order valence-corrected chi connectivity index (χ3v) is 3.96. The standard InChI is InChI=1S/C16H21N5O/c22-16-15(6-7-18-19-16)17-8-9-20-10-12-21(13-11-20)14-4-2-1-3-5-14/h1-7H,8-13H2,(H,17,18)(H,19,22). The molecular weight excluding hydrogens is 278 g/mol. The van der Waals surface area contributed by atoms with Crippen LogP contribution in [0.4, 0.5) is 11.4 Å². The lowest BCUT2D eigenvalue weighted by Gasteiger charge is -2.36. The molecule has 0 spiro atoms. The summed E-state index contributed by atoms with van der Waals surface area (Å²) in [5, 5.41) is 9.27. The van der Waals surface area contributed by atoms with Crippen molar-refractivity contribution in [3.63, 3.8) is 0 Å². The molecule has 116 valence electrons. The van der Waals surface area contributed by atoms with Gasteiger partial charge in [-0.2, -0.15) is 5.10 Å². The van der Waals surface area contributed by atoms with Gasteiger partial charge in [-0.05, 0) is 18.2 Å². The molecule has 2 aromatic rings. The zero-order chi connectivity index (χ0) is 15.2. The first kappa shape index (κ1) is 14.6. The molecule has 1 saturated heterocycles. The van der Waals surface area contributed by atoms with Gasteiger partial charge in [-0.25, -0.2) is 5.10 Å². The molecule has 1 fully saturated rings. The highest BCUT2D eigenvalue weighted by molar-refractivity contribution is 5.46. The fourth-order valence-electron chi connectivity index (χ4n) is 2.70. The fraction of sp³-hybridized carbons (Fsp3) is 0.375. The van der Waals surface area contributed by atoms with Crippen molar-refractivity contribution in [3.8, 4) is 0 Å². The minimum atomic E-state index is -0.170. The van der Waals surface area contributed by atoms with Crippen LogP contribution in [0.5, 0.6) is 0 Å². The van der Waals surface area contributed by atoms with Crippen LogP contribution in [-0.2, 0) is 0 Å². The second-order valence-electron chi connectivity index (χ2n) is 5.39. The fourth-order valence-corrected chi connectivity index (χ4v) is 2.70. The molecule has 0 radical (unpaired) electrons. The molecule has 2 N–H and O–H groups in total. The van der Waals surface area contributed by atoms with Crippen LogP contribution in [0.25, 0.3) is 0 Å². The monoisotopic (exact) mass is 299 g/mol. The molecule has 6 nitrogen and oxygen atoms in total. The van der Waals surface area contributed by atoms with Crippen molar-refractivity contribution in [3.05, 3.63) is 52.9 Å². The number of piperazine rings is 1. The van der Waals surface area contributed by atoms with Crippen molar-refractivity contribution in [2.24, 2.45) is 0 Å². The van der Waals surface area contributed by atoms with Crippen LogP contribution in [0, 0.1) is 0 Å². The average Bonchev–Trinajstić information content (AvgIpc) is 2.58. The highest BCUT2D eigenvalue weighted by atomic mass is 16.1. The lowest BCUT2D eigenvalue weighted by atomic mass is 10.2. The second-order valence-corrected chi connectivity index (χ2v) is 5.39. The zero-order valence-corrected chi connectivity index (χ0v) is 12.5. The largest absolute Gasteiger partial charge is 0.379 e. The van der Waals surface area contributed by atoms with Gasteiger partial charge in [0, 0.05) is 51.2 Å². The van der Waals surface area contributed by atoms with Gasteiger partial charge in [-0.1, -0.05) is 18.2 Å². The Labute approximate surface area is 129 Å². The third kappa shape index (κ3) is 3.65. The van der Waals surface area contributed by atoms with Crippen molar-refractivity contribution in [1.82, 2.24) is 15.1 Å². The minimum absolute atomic E-state index is 0.170. The summed E-state index contributed by atoms with van der Waals surface area (Å²) in [7, 11) is 0. The van der Waals surface area contributed by atoms with Crippen LogP contribution in [0.15, 0.2) is 47.4 Å². The molecule has 0 atom stereocenters. The number of aromatic amines is 1. The number of anilines is 2. The number of nitrogens with zero attached hydrogens (tertiary/aromatic N) is 3. The van der Waals surface area contributed by atoms with Crippen LogP contribution in [0.3, 0.4) is 0 Å². The maximum Gasteiger partial charge on any atom is 0.287 e. The molecule has 1 aliphatic rings. The van der Waals surface area contributed by atoms with Gasteiger partial charge in [0.2, 0.25) is 0 Å². The number of H-pyrrole nitrogens is 1. The van der Waals surface area contributed by atoms with Crippen molar-refractivity contribution >= 4 is 11.4 Å². The predicted molar refractivity (Wildman–Crippen MR) is 88.4 cm³/mol. The van der Waals surface area contributed by atoms with Crippen LogP contribution in [0.2, 0.25) is 0 Å². The van der Waals surface area contributed by atoms with E-state index in [0.29, 0.717) is 5.69 Å². The Morgan fingerprint density at radius 1 is 1.09 bits per heavy atom. The van der Waals surface area contributed by atoms with E-state index in [9.17, 15) is 4.79 Å². The van der Waals surface area contributed by atoms with E-state index in [0.717, 1.165) is 39.3 Å². The van der Waals surface area contributed by atoms with Gasteiger partial charge in [0.15, 0.2) is 0 Å². The van der Waals surface area contributed by atoms with E-state index in [1.54, 1.807) is 12.3 Å². The van der Waals surface area contributed by atoms with Gasteiger partial charge in [-0.15, -0.1) is 0 Å². The quantitative estimate of drug-likeness (QED) is 0.862. The van der Waals surface area contributed by atoms with E-state index in [4.69, 9.17) is 0 Å². The lowest BCUT2D eigenvalue weighted by Crippen LogP contribution is -2.47. The summed E-state index contributed by atoms with van der Waals surface area (Å²) in [6, 6.07) is 12.2. The van der Waals surface area contributed by atoms with Crippen molar-refractivity contribution in [1.29, 1.82) is 0 Å². The summed E-state index contributed by atoms with van der Waals surface area (Å²) < 4.78 is 0. The van der Waals surface area contributed by atoms with Gasteiger partial charge in [0.05, 0.1) is 0 Å². The molecule has 0 saturated carbocycles. The summed E-state index contributed by atoms with van der Waals surface area (Å²) in [4.78, 5) is 16.3. The van der Waals surface area contributed by atoms with Gasteiger partial charge < -0.3 is 10.2 Å². The first-order valence-corrected chi connectivity index (χ1v) is 7.63. The minimum Gasteiger partial charge on any atom is -0.379 e. The summed E-state index contributed by atoms with van der Waals surface area (Å²) in [6.45, 7) is 5.87. The van der Waals surface area contributed by atoms with E-state index in [1.807, 2.05) is 6.07 Å². The molecule has 1 aliphatic heterocycles. The molecule has 6 heteroatoms. The smallest absolute Gasteiger partial charge is 0.287 e. The van der Waals surface area contributed by atoms with E-state index in [2.05, 4.69) is 49.6 Å². The summed E-state index contributed by atoms with van der Waals surface area (Å²) in [5.41, 5.74) is 1.71. The highest BCUT2D eigenvalue weighted by Crippen LogP contribution is 2.15. The second kappa shape index (κ2) is 7.09. The van der Waals surface area contributed by atoms with E-state index in [1.165, 1.54) is 5.69 Å². The SMILES string of the molecule is O=c1[nH]nccc1NCCN1CCN(c2ccccc2)CC1. The molecule has 0 aliphatic carbocycles. The molecule has 0 amide bonds. The number of aromatic nitrogens is 2. The number of para-hydroxylation sites is 1. The molecule has 1 aromatic heterocycles. The van der Waals surface area contributed by atoms with Crippen molar-refractivity contribution in [2.75, 3.05) is 49.5 Å². The topological polar surface area (TPSA) is 64.3 Å². The lowest BCUT2D eigenvalue weighted by molar-refractivity contribution is 0.267. The number of hydrogen-bond acceptors (Lipinski definition) is 5.